The van der Waals surface area contributed by atoms with Crippen molar-refractivity contribution < 1.29 is 9.90 Å². The van der Waals surface area contributed by atoms with Crippen molar-refractivity contribution in [3.05, 3.63) is 29.3 Å². The first-order chi connectivity index (χ1) is 7.79. The first kappa shape index (κ1) is 13.6. The summed E-state index contributed by atoms with van der Waals surface area (Å²) in [5, 5.41) is 9.80. The van der Waals surface area contributed by atoms with E-state index in [0.717, 1.165) is 12.0 Å². The Labute approximate surface area is 103 Å². The van der Waals surface area contributed by atoms with Crippen LogP contribution in [0.2, 0.25) is 0 Å². The average Bonchev–Trinajstić information content (AvgIpc) is 2.27. The molecule has 0 unspecified atom stereocenters. The second-order valence-electron chi connectivity index (χ2n) is 5.05. The van der Waals surface area contributed by atoms with Crippen LogP contribution in [0.1, 0.15) is 43.1 Å². The smallest absolute Gasteiger partial charge is 0.257 e. The van der Waals surface area contributed by atoms with E-state index >= 15 is 0 Å². The lowest BCUT2D eigenvalue weighted by Crippen LogP contribution is -2.44. The number of nitrogens with zero attached hydrogens (tertiary/aromatic N) is 1. The number of aromatic hydroxyl groups is 1. The molecule has 0 fully saturated rings. The Kier molecular flexibility index (Phi) is 3.81. The van der Waals surface area contributed by atoms with E-state index in [9.17, 15) is 9.90 Å². The number of carbonyl (C=O) groups excluding carboxylic acids is 1. The molecule has 0 aliphatic rings. The summed E-state index contributed by atoms with van der Waals surface area (Å²) >= 11 is 0. The SMILES string of the molecule is CCC(C)(C)N(C)C(=O)c1ccc(C)cc1O. The number of benzene rings is 1. The summed E-state index contributed by atoms with van der Waals surface area (Å²) in [6, 6.07) is 5.12. The van der Waals surface area contributed by atoms with E-state index < -0.39 is 0 Å². The Balaban J connectivity index is 3.05. The number of rotatable bonds is 3. The largest absolute Gasteiger partial charge is 0.507 e. The van der Waals surface area contributed by atoms with Crippen molar-refractivity contribution in [3.8, 4) is 5.75 Å². The molecule has 0 spiro atoms. The fourth-order valence-electron chi connectivity index (χ4n) is 1.52. The van der Waals surface area contributed by atoms with Crippen LogP contribution in [0.4, 0.5) is 0 Å². The van der Waals surface area contributed by atoms with Crippen LogP contribution >= 0.6 is 0 Å². The predicted molar refractivity (Wildman–Crippen MR) is 69.3 cm³/mol. The summed E-state index contributed by atoms with van der Waals surface area (Å²) in [6.07, 6.45) is 0.863. The van der Waals surface area contributed by atoms with Gasteiger partial charge in [-0.2, -0.15) is 0 Å². The van der Waals surface area contributed by atoms with E-state index in [-0.39, 0.29) is 17.2 Å². The number of phenolic OH excluding ortho intramolecular Hbond substituents is 1. The van der Waals surface area contributed by atoms with Crippen LogP contribution in [0.25, 0.3) is 0 Å². The molecule has 3 nitrogen and oxygen atoms in total. The summed E-state index contributed by atoms with van der Waals surface area (Å²) in [6.45, 7) is 7.94. The van der Waals surface area contributed by atoms with Gasteiger partial charge < -0.3 is 10.0 Å². The Morgan fingerprint density at radius 1 is 1.41 bits per heavy atom. The van der Waals surface area contributed by atoms with Gasteiger partial charge in [-0.05, 0) is 44.9 Å². The van der Waals surface area contributed by atoms with Crippen molar-refractivity contribution >= 4 is 5.91 Å². The molecule has 0 aliphatic carbocycles. The molecule has 0 aromatic heterocycles. The van der Waals surface area contributed by atoms with Gasteiger partial charge in [0.15, 0.2) is 0 Å². The zero-order valence-corrected chi connectivity index (χ0v) is 11.2. The van der Waals surface area contributed by atoms with E-state index in [1.165, 1.54) is 0 Å². The lowest BCUT2D eigenvalue weighted by Gasteiger charge is -2.35. The third kappa shape index (κ3) is 2.78. The van der Waals surface area contributed by atoms with Crippen LogP contribution in [0.5, 0.6) is 5.75 Å². The van der Waals surface area contributed by atoms with Crippen molar-refractivity contribution in [1.82, 2.24) is 4.90 Å². The van der Waals surface area contributed by atoms with Gasteiger partial charge in [-0.1, -0.05) is 13.0 Å². The molecular formula is C14H21NO2. The molecule has 0 atom stereocenters. The standard InChI is InChI=1S/C14H21NO2/c1-6-14(3,4)15(5)13(17)11-8-7-10(2)9-12(11)16/h7-9,16H,6H2,1-5H3. The second kappa shape index (κ2) is 4.78. The Hall–Kier alpha value is -1.51. The summed E-state index contributed by atoms with van der Waals surface area (Å²) < 4.78 is 0. The molecule has 94 valence electrons. The highest BCUT2D eigenvalue weighted by Crippen LogP contribution is 2.24. The minimum atomic E-state index is -0.214. The van der Waals surface area contributed by atoms with E-state index in [1.807, 2.05) is 33.8 Å². The lowest BCUT2D eigenvalue weighted by atomic mass is 9.98. The van der Waals surface area contributed by atoms with E-state index in [1.54, 1.807) is 24.1 Å². The number of hydrogen-bond acceptors (Lipinski definition) is 2. The monoisotopic (exact) mass is 235 g/mol. The Morgan fingerprint density at radius 2 is 2.00 bits per heavy atom. The first-order valence-electron chi connectivity index (χ1n) is 5.87. The summed E-state index contributed by atoms with van der Waals surface area (Å²) in [5.74, 6) is -0.0943. The molecule has 3 heteroatoms. The van der Waals surface area contributed by atoms with Crippen molar-refractivity contribution in [2.75, 3.05) is 7.05 Å². The van der Waals surface area contributed by atoms with Crippen LogP contribution in [0.15, 0.2) is 18.2 Å². The van der Waals surface area contributed by atoms with E-state index in [4.69, 9.17) is 0 Å². The van der Waals surface area contributed by atoms with Gasteiger partial charge in [0.1, 0.15) is 5.75 Å². The fourth-order valence-corrected chi connectivity index (χ4v) is 1.52. The molecule has 1 aromatic rings. The maximum absolute atomic E-state index is 12.2. The maximum Gasteiger partial charge on any atom is 0.257 e. The highest BCUT2D eigenvalue weighted by atomic mass is 16.3. The van der Waals surface area contributed by atoms with Gasteiger partial charge in [-0.25, -0.2) is 0 Å². The van der Waals surface area contributed by atoms with Crippen LogP contribution in [0.3, 0.4) is 0 Å². The van der Waals surface area contributed by atoms with Gasteiger partial charge in [-0.15, -0.1) is 0 Å². The molecule has 1 rings (SSSR count). The molecule has 1 aromatic carbocycles. The predicted octanol–water partition coefficient (Wildman–Crippen LogP) is 2.96. The van der Waals surface area contributed by atoms with Gasteiger partial charge in [0.25, 0.3) is 5.91 Å². The molecular weight excluding hydrogens is 214 g/mol. The van der Waals surface area contributed by atoms with Crippen LogP contribution in [-0.4, -0.2) is 28.5 Å². The van der Waals surface area contributed by atoms with E-state index in [2.05, 4.69) is 0 Å². The van der Waals surface area contributed by atoms with Gasteiger partial charge in [-0.3, -0.25) is 4.79 Å². The molecule has 0 saturated heterocycles. The molecule has 0 aliphatic heterocycles. The summed E-state index contributed by atoms with van der Waals surface area (Å²) in [5.41, 5.74) is 1.09. The topological polar surface area (TPSA) is 40.5 Å². The van der Waals surface area contributed by atoms with Crippen LogP contribution in [-0.2, 0) is 0 Å². The normalized spacial score (nSPS) is 11.4. The van der Waals surface area contributed by atoms with Crippen molar-refractivity contribution in [1.29, 1.82) is 0 Å². The Morgan fingerprint density at radius 3 is 2.47 bits per heavy atom. The molecule has 0 bridgehead atoms. The van der Waals surface area contributed by atoms with Crippen LogP contribution < -0.4 is 0 Å². The maximum atomic E-state index is 12.2. The highest BCUT2D eigenvalue weighted by molar-refractivity contribution is 5.97. The minimum Gasteiger partial charge on any atom is -0.507 e. The van der Waals surface area contributed by atoms with Gasteiger partial charge in [0.05, 0.1) is 5.56 Å². The molecule has 0 radical (unpaired) electrons. The van der Waals surface area contributed by atoms with Crippen LogP contribution in [0, 0.1) is 6.92 Å². The number of amides is 1. The highest BCUT2D eigenvalue weighted by Gasteiger charge is 2.27. The van der Waals surface area contributed by atoms with Gasteiger partial charge in [0.2, 0.25) is 0 Å². The Bertz CT molecular complexity index is 424. The number of carbonyl (C=O) groups is 1. The van der Waals surface area contributed by atoms with Crippen molar-refractivity contribution in [2.24, 2.45) is 0 Å². The quantitative estimate of drug-likeness (QED) is 0.875. The van der Waals surface area contributed by atoms with Gasteiger partial charge >= 0.3 is 0 Å². The zero-order chi connectivity index (χ0) is 13.2. The molecule has 0 saturated carbocycles. The van der Waals surface area contributed by atoms with E-state index in [0.29, 0.717) is 5.56 Å². The average molecular weight is 235 g/mol. The molecule has 1 N–H and O–H groups in total. The fraction of sp³-hybridized carbons (Fsp3) is 0.500. The summed E-state index contributed by atoms with van der Waals surface area (Å²) in [4.78, 5) is 13.9. The lowest BCUT2D eigenvalue weighted by molar-refractivity contribution is 0.0617. The molecule has 17 heavy (non-hydrogen) atoms. The van der Waals surface area contributed by atoms with Crippen molar-refractivity contribution in [2.45, 2.75) is 39.7 Å². The number of phenols is 1. The second-order valence-corrected chi connectivity index (χ2v) is 5.05. The first-order valence-corrected chi connectivity index (χ1v) is 5.87. The molecule has 0 heterocycles. The zero-order valence-electron chi connectivity index (χ0n) is 11.2. The summed E-state index contributed by atoms with van der Waals surface area (Å²) in [7, 11) is 1.77. The molecule has 1 amide bonds. The third-order valence-corrected chi connectivity index (χ3v) is 3.46. The minimum absolute atomic E-state index is 0.0498. The van der Waals surface area contributed by atoms with Crippen molar-refractivity contribution in [3.63, 3.8) is 0 Å². The number of hydrogen-bond donors (Lipinski definition) is 1. The van der Waals surface area contributed by atoms with Gasteiger partial charge in [0, 0.05) is 12.6 Å². The number of aryl methyl sites for hydroxylation is 1. The third-order valence-electron chi connectivity index (χ3n) is 3.46.